The van der Waals surface area contributed by atoms with Gasteiger partial charge in [0.25, 0.3) is 0 Å². The Morgan fingerprint density at radius 2 is 1.73 bits per heavy atom. The summed E-state index contributed by atoms with van der Waals surface area (Å²) in [5, 5.41) is 6.15. The molecule has 0 aromatic carbocycles. The van der Waals surface area contributed by atoms with Gasteiger partial charge in [0.15, 0.2) is 0 Å². The lowest BCUT2D eigenvalue weighted by Gasteiger charge is -2.28. The van der Waals surface area contributed by atoms with E-state index in [1.165, 1.54) is 16.8 Å². The molecule has 258 valence electrons. The van der Waals surface area contributed by atoms with Crippen molar-refractivity contribution in [2.24, 2.45) is 11.8 Å². The summed E-state index contributed by atoms with van der Waals surface area (Å²) >= 11 is 8.69. The highest BCUT2D eigenvalue weighted by molar-refractivity contribution is 9.11. The van der Waals surface area contributed by atoms with Crippen LogP contribution in [0.4, 0.5) is 0 Å². The van der Waals surface area contributed by atoms with E-state index in [1.807, 2.05) is 20.8 Å². The molecule has 1 heterocycles. The third-order valence-corrected chi connectivity index (χ3v) is 7.73. The topological polar surface area (TPSA) is 108 Å². The molecule has 1 aliphatic heterocycles. The summed E-state index contributed by atoms with van der Waals surface area (Å²) in [6.07, 6.45) is 8.14. The molecule has 0 aromatic rings. The van der Waals surface area contributed by atoms with Crippen molar-refractivity contribution in [3.63, 3.8) is 0 Å². The molecule has 2 saturated carbocycles. The van der Waals surface area contributed by atoms with Gasteiger partial charge in [0.2, 0.25) is 23.6 Å². The van der Waals surface area contributed by atoms with Crippen molar-refractivity contribution >= 4 is 51.2 Å². The number of rotatable bonds is 5. The average molecular weight is 718 g/mol. The fourth-order valence-electron chi connectivity index (χ4n) is 4.02. The minimum absolute atomic E-state index is 0.0286. The molecule has 0 bridgehead atoms. The zero-order valence-electron chi connectivity index (χ0n) is 28.9. The Morgan fingerprint density at radius 3 is 2.20 bits per heavy atom. The first-order chi connectivity index (χ1) is 21.1. The maximum absolute atomic E-state index is 12.8. The van der Waals surface area contributed by atoms with Crippen LogP contribution in [0.15, 0.2) is 34.3 Å². The molecule has 3 aliphatic rings. The highest BCUT2D eigenvalue weighted by atomic mass is 79.9. The Balaban J connectivity index is 0.00000108. The van der Waals surface area contributed by atoms with Gasteiger partial charge in [-0.25, -0.2) is 0 Å². The molecule has 1 atom stereocenters. The summed E-state index contributed by atoms with van der Waals surface area (Å²) in [6, 6.07) is -0.611. The van der Waals surface area contributed by atoms with E-state index in [0.717, 1.165) is 54.5 Å². The molecule has 9 nitrogen and oxygen atoms in total. The van der Waals surface area contributed by atoms with Crippen molar-refractivity contribution in [2.45, 2.75) is 104 Å². The van der Waals surface area contributed by atoms with Gasteiger partial charge < -0.3 is 25.2 Å². The minimum Gasteiger partial charge on any atom is -0.379 e. The number of ether oxygens (including phenoxy) is 1. The Labute approximate surface area is 285 Å². The molecule has 4 amide bonds. The van der Waals surface area contributed by atoms with Gasteiger partial charge in [-0.2, -0.15) is 0 Å². The number of nitrogens with one attached hydrogen (secondary N) is 2. The fourth-order valence-corrected chi connectivity index (χ4v) is 4.30. The molecular weight excluding hydrogens is 660 g/mol. The van der Waals surface area contributed by atoms with Crippen molar-refractivity contribution in [3.05, 3.63) is 34.3 Å². The van der Waals surface area contributed by atoms with Gasteiger partial charge >= 0.3 is 0 Å². The predicted molar refractivity (Wildman–Crippen MR) is 188 cm³/mol. The number of amides is 4. The number of allylic oxidation sites excluding steroid dienone is 4. The maximum atomic E-state index is 12.8. The molecule has 3 fully saturated rings. The number of nitrogens with zero attached hydrogens (tertiary/aromatic N) is 2. The second kappa shape index (κ2) is 22.4. The number of likely N-dealkylation sites (N-methyl/N-ethyl adjacent to an activating group) is 2. The van der Waals surface area contributed by atoms with Crippen LogP contribution in [-0.4, -0.2) is 85.4 Å². The van der Waals surface area contributed by atoms with E-state index in [9.17, 15) is 19.2 Å². The van der Waals surface area contributed by atoms with Gasteiger partial charge in [0.1, 0.15) is 6.04 Å². The lowest BCUT2D eigenvalue weighted by atomic mass is 10.1. The Bertz CT molecular complexity index is 1020. The average Bonchev–Trinajstić information content (AvgIpc) is 3.89. The number of carbonyl (C=O) groups excluding carboxylic acids is 4. The van der Waals surface area contributed by atoms with Crippen LogP contribution in [0.1, 0.15) is 92.9 Å². The van der Waals surface area contributed by atoms with E-state index in [-0.39, 0.29) is 42.3 Å². The second-order valence-electron chi connectivity index (χ2n) is 12.4. The quantitative estimate of drug-likeness (QED) is 0.324. The molecule has 1 unspecified atom stereocenters. The SMILES string of the molecule is C=C(Cl)/C=C(/C)C(=C)Br.CC.CC(C)C.CN1CC(=O)NC2(CC2)COCCCCC(N(C)C(=O)CC2CC2)C(=O)NCC1=O. The van der Waals surface area contributed by atoms with Crippen molar-refractivity contribution in [2.75, 3.05) is 40.4 Å². The molecule has 3 rings (SSSR count). The second-order valence-corrected chi connectivity index (χ2v) is 13.9. The zero-order chi connectivity index (χ0) is 34.7. The maximum Gasteiger partial charge on any atom is 0.243 e. The van der Waals surface area contributed by atoms with Crippen molar-refractivity contribution in [3.8, 4) is 0 Å². The number of hydrogen-bond acceptors (Lipinski definition) is 5. The first-order valence-corrected chi connectivity index (χ1v) is 17.3. The lowest BCUT2D eigenvalue weighted by molar-refractivity contribution is -0.141. The molecular formula is C34H58BrClN4O5. The van der Waals surface area contributed by atoms with Crippen LogP contribution in [0.5, 0.6) is 0 Å². The van der Waals surface area contributed by atoms with Gasteiger partial charge in [0.05, 0.1) is 25.2 Å². The van der Waals surface area contributed by atoms with E-state index in [0.29, 0.717) is 37.0 Å². The first-order valence-electron chi connectivity index (χ1n) is 16.1. The summed E-state index contributed by atoms with van der Waals surface area (Å²) in [6.45, 7) is 20.3. The van der Waals surface area contributed by atoms with E-state index >= 15 is 0 Å². The Morgan fingerprint density at radius 1 is 1.16 bits per heavy atom. The monoisotopic (exact) mass is 716 g/mol. The van der Waals surface area contributed by atoms with Gasteiger partial charge in [0, 0.05) is 36.6 Å². The van der Waals surface area contributed by atoms with Crippen LogP contribution in [0.3, 0.4) is 0 Å². The number of halogens is 2. The van der Waals surface area contributed by atoms with Crippen LogP contribution in [-0.2, 0) is 23.9 Å². The van der Waals surface area contributed by atoms with Crippen molar-refractivity contribution < 1.29 is 23.9 Å². The summed E-state index contributed by atoms with van der Waals surface area (Å²) in [5.74, 6) is 0.335. The van der Waals surface area contributed by atoms with E-state index in [1.54, 1.807) is 13.1 Å². The third-order valence-electron chi connectivity index (χ3n) is 7.00. The molecule has 1 saturated heterocycles. The van der Waals surface area contributed by atoms with Gasteiger partial charge in [-0.1, -0.05) is 75.3 Å². The van der Waals surface area contributed by atoms with Crippen LogP contribution in [0, 0.1) is 11.8 Å². The summed E-state index contributed by atoms with van der Waals surface area (Å²) in [7, 11) is 3.20. The summed E-state index contributed by atoms with van der Waals surface area (Å²) in [5.41, 5.74) is 0.694. The number of hydrogen-bond donors (Lipinski definition) is 2. The first kappa shape index (κ1) is 42.8. The molecule has 2 aliphatic carbocycles. The summed E-state index contributed by atoms with van der Waals surface area (Å²) < 4.78 is 6.60. The molecule has 1 spiro atoms. The van der Waals surface area contributed by atoms with Crippen molar-refractivity contribution in [1.29, 1.82) is 0 Å². The third kappa shape index (κ3) is 19.8. The largest absolute Gasteiger partial charge is 0.379 e. The van der Waals surface area contributed by atoms with Crippen molar-refractivity contribution in [1.82, 2.24) is 20.4 Å². The van der Waals surface area contributed by atoms with Gasteiger partial charge in [-0.05, 0) is 75.4 Å². The normalized spacial score (nSPS) is 20.6. The Kier molecular flexibility index (Phi) is 21.3. The van der Waals surface area contributed by atoms with Crippen LogP contribution in [0.25, 0.3) is 0 Å². The Hall–Kier alpha value is -2.17. The molecule has 45 heavy (non-hydrogen) atoms. The highest BCUT2D eigenvalue weighted by Gasteiger charge is 2.44. The smallest absolute Gasteiger partial charge is 0.243 e. The molecule has 2 N–H and O–H groups in total. The van der Waals surface area contributed by atoms with Crippen LogP contribution >= 0.6 is 27.5 Å². The standard InChI is InChI=1S/C21H34N4O5.C7H8BrCl.C4H10.C2H6/c1-24-13-17(26)23-21(8-9-21)14-30-10-4-3-5-16(20(29)22-12-19(24)28)25(2)18(27)11-15-6-7-15;1-5(7(3)8)4-6(2)9;1-4(2)3;1-2/h15-16H,3-14H2,1-2H3,(H,22,29)(H,23,26);4H,2-3H2,1H3;4H,1-3H3;1-2H3/b;5-4-;;. The summed E-state index contributed by atoms with van der Waals surface area (Å²) in [4.78, 5) is 52.8. The predicted octanol–water partition coefficient (Wildman–Crippen LogP) is 6.32. The van der Waals surface area contributed by atoms with Gasteiger partial charge in [-0.3, -0.25) is 19.2 Å². The minimum atomic E-state index is -0.611. The van der Waals surface area contributed by atoms with E-state index in [2.05, 4.69) is 60.5 Å². The highest BCUT2D eigenvalue weighted by Crippen LogP contribution is 2.35. The van der Waals surface area contributed by atoms with Crippen LogP contribution < -0.4 is 10.6 Å². The van der Waals surface area contributed by atoms with E-state index < -0.39 is 6.04 Å². The lowest BCUT2D eigenvalue weighted by Crippen LogP contribution is -2.51. The number of carbonyl (C=O) groups is 4. The fraction of sp³-hybridized carbons (Fsp3) is 0.706. The molecule has 11 heteroatoms. The molecule has 0 aromatic heterocycles. The van der Waals surface area contributed by atoms with E-state index in [4.69, 9.17) is 16.3 Å². The zero-order valence-corrected chi connectivity index (χ0v) is 31.2. The van der Waals surface area contributed by atoms with Crippen LogP contribution in [0.2, 0.25) is 0 Å². The molecule has 0 radical (unpaired) electrons. The van der Waals surface area contributed by atoms with Gasteiger partial charge in [-0.15, -0.1) is 0 Å².